The Kier molecular flexibility index (Phi) is 3.66. The topological polar surface area (TPSA) is 46.4 Å². The summed E-state index contributed by atoms with van der Waals surface area (Å²) in [5, 5.41) is 10.2. The van der Waals surface area contributed by atoms with Gasteiger partial charge in [-0.3, -0.25) is 10.1 Å². The van der Waals surface area contributed by atoms with Crippen LogP contribution >= 0.6 is 46.8 Å². The molecule has 0 saturated heterocycles. The van der Waals surface area contributed by atoms with E-state index in [0.717, 1.165) is 0 Å². The van der Waals surface area contributed by atoms with Crippen molar-refractivity contribution >= 4 is 58.1 Å². The van der Waals surface area contributed by atoms with Gasteiger partial charge in [-0.05, 0) is 6.07 Å². The highest BCUT2D eigenvalue weighted by atomic mass is 35.5. The van der Waals surface area contributed by atoms with E-state index >= 15 is 0 Å². The minimum atomic E-state index is -0.648. The second kappa shape index (κ2) is 4.40. The highest BCUT2D eigenvalue weighted by Crippen LogP contribution is 2.39. The molecule has 1 aromatic rings. The molecule has 0 spiro atoms. The molecule has 0 fully saturated rings. The second-order valence-electron chi connectivity index (χ2n) is 2.22. The second-order valence-corrected chi connectivity index (χ2v) is 3.83. The Bertz CT molecular complexity index is 382. The van der Waals surface area contributed by atoms with Gasteiger partial charge in [0.2, 0.25) is 0 Å². The summed E-state index contributed by atoms with van der Waals surface area (Å²) < 4.78 is 0.679. The van der Waals surface area contributed by atoms with E-state index in [1.807, 2.05) is 0 Å². The summed E-state index contributed by atoms with van der Waals surface area (Å²) in [6.07, 6.45) is 0. The zero-order chi connectivity index (χ0) is 10.9. The molecular weight excluding hydrogens is 274 g/mol. The molecule has 14 heavy (non-hydrogen) atoms. The van der Waals surface area contributed by atoms with Crippen molar-refractivity contribution in [3.05, 3.63) is 32.3 Å². The number of nitrogens with zero attached hydrogens (tertiary/aromatic N) is 2. The average Bonchev–Trinajstić information content (AvgIpc) is 2.08. The lowest BCUT2D eigenvalue weighted by molar-refractivity contribution is -0.384. The van der Waals surface area contributed by atoms with Crippen LogP contribution in [-0.4, -0.2) is 4.92 Å². The SMILES string of the molecule is O=[N+]([O-])c1ccc(N(Cl)Cl)c(Cl)c1Cl. The van der Waals surface area contributed by atoms with Gasteiger partial charge in [0.1, 0.15) is 5.02 Å². The van der Waals surface area contributed by atoms with Gasteiger partial charge >= 0.3 is 0 Å². The van der Waals surface area contributed by atoms with Gasteiger partial charge in [-0.15, -0.1) is 0 Å². The minimum absolute atomic E-state index is 0.0640. The Morgan fingerprint density at radius 2 is 1.79 bits per heavy atom. The highest BCUT2D eigenvalue weighted by Gasteiger charge is 2.19. The van der Waals surface area contributed by atoms with Crippen molar-refractivity contribution in [3.63, 3.8) is 0 Å². The van der Waals surface area contributed by atoms with Gasteiger partial charge in [0, 0.05) is 29.6 Å². The number of hydrogen-bond donors (Lipinski definition) is 0. The molecule has 0 amide bonds. The molecule has 0 bridgehead atoms. The molecule has 0 unspecified atom stereocenters. The number of nitro benzene ring substituents is 1. The van der Waals surface area contributed by atoms with Crippen LogP contribution in [0.25, 0.3) is 0 Å². The highest BCUT2D eigenvalue weighted by molar-refractivity contribution is 6.53. The quantitative estimate of drug-likeness (QED) is 0.465. The van der Waals surface area contributed by atoms with Crippen LogP contribution in [-0.2, 0) is 0 Å². The van der Waals surface area contributed by atoms with Crippen molar-refractivity contribution in [1.29, 1.82) is 0 Å². The fourth-order valence-electron chi connectivity index (χ4n) is 0.801. The van der Waals surface area contributed by atoms with Crippen molar-refractivity contribution in [1.82, 2.24) is 0 Å². The van der Waals surface area contributed by atoms with E-state index in [4.69, 9.17) is 46.8 Å². The maximum atomic E-state index is 10.4. The molecule has 8 heteroatoms. The van der Waals surface area contributed by atoms with E-state index in [-0.39, 0.29) is 21.4 Å². The van der Waals surface area contributed by atoms with Crippen LogP contribution in [0.5, 0.6) is 0 Å². The van der Waals surface area contributed by atoms with E-state index in [1.54, 1.807) is 0 Å². The zero-order valence-corrected chi connectivity index (χ0v) is 9.40. The van der Waals surface area contributed by atoms with Gasteiger partial charge < -0.3 is 0 Å². The zero-order valence-electron chi connectivity index (χ0n) is 6.38. The minimum Gasteiger partial charge on any atom is -0.258 e. The van der Waals surface area contributed by atoms with Crippen LogP contribution < -0.4 is 3.94 Å². The molecule has 76 valence electrons. The maximum absolute atomic E-state index is 10.4. The lowest BCUT2D eigenvalue weighted by Crippen LogP contribution is -1.96. The first-order valence-corrected chi connectivity index (χ1v) is 4.62. The monoisotopic (exact) mass is 274 g/mol. The summed E-state index contributed by atoms with van der Waals surface area (Å²) in [5.41, 5.74) is -0.110. The Hall–Kier alpha value is -0.420. The van der Waals surface area contributed by atoms with Crippen LogP contribution in [0, 0.1) is 10.1 Å². The standard InChI is InChI=1S/C6H2Cl4N2O2/c7-5-3(11(9)10)1-2-4(6(5)8)12(13)14/h1-2H. The van der Waals surface area contributed by atoms with Crippen LogP contribution in [0.2, 0.25) is 10.0 Å². The first-order valence-electron chi connectivity index (χ1n) is 3.19. The third kappa shape index (κ3) is 2.15. The first-order chi connectivity index (χ1) is 6.45. The number of nitro groups is 1. The number of anilines is 1. The number of rotatable bonds is 2. The lowest BCUT2D eigenvalue weighted by Gasteiger charge is -2.08. The molecule has 4 nitrogen and oxygen atoms in total. The van der Waals surface area contributed by atoms with Crippen molar-refractivity contribution < 1.29 is 4.92 Å². The van der Waals surface area contributed by atoms with Crippen LogP contribution in [0.1, 0.15) is 0 Å². The van der Waals surface area contributed by atoms with Gasteiger partial charge in [0.15, 0.2) is 0 Å². The molecule has 0 heterocycles. The molecule has 0 radical (unpaired) electrons. The molecule has 0 atom stereocenters. The molecule has 0 aliphatic carbocycles. The molecule has 0 aromatic heterocycles. The molecule has 0 aliphatic heterocycles. The summed E-state index contributed by atoms with van der Waals surface area (Å²) in [6, 6.07) is 2.47. The number of halogens is 4. The summed E-state index contributed by atoms with van der Waals surface area (Å²) in [5.74, 6) is 0. The molecule has 0 saturated carbocycles. The Morgan fingerprint density at radius 1 is 1.21 bits per heavy atom. The van der Waals surface area contributed by atoms with Crippen LogP contribution in [0.15, 0.2) is 12.1 Å². The van der Waals surface area contributed by atoms with E-state index < -0.39 is 4.92 Å². The molecule has 1 rings (SSSR count). The smallest absolute Gasteiger partial charge is 0.258 e. The van der Waals surface area contributed by atoms with Crippen LogP contribution in [0.3, 0.4) is 0 Å². The Morgan fingerprint density at radius 3 is 2.21 bits per heavy atom. The third-order valence-electron chi connectivity index (χ3n) is 1.42. The summed E-state index contributed by atoms with van der Waals surface area (Å²) in [7, 11) is 0. The largest absolute Gasteiger partial charge is 0.289 e. The normalized spacial score (nSPS) is 10.0. The summed E-state index contributed by atoms with van der Waals surface area (Å²) >= 11 is 22.1. The fraction of sp³-hybridized carbons (Fsp3) is 0. The Balaban J connectivity index is 3.33. The predicted octanol–water partition coefficient (Wildman–Crippen LogP) is 4.02. The van der Waals surface area contributed by atoms with E-state index in [0.29, 0.717) is 3.94 Å². The fourth-order valence-corrected chi connectivity index (χ4v) is 1.64. The summed E-state index contributed by atoms with van der Waals surface area (Å²) in [4.78, 5) is 9.79. The Labute approximate surface area is 99.3 Å². The van der Waals surface area contributed by atoms with Gasteiger partial charge in [-0.1, -0.05) is 23.2 Å². The van der Waals surface area contributed by atoms with Gasteiger partial charge in [-0.2, -0.15) is 3.94 Å². The van der Waals surface area contributed by atoms with Crippen molar-refractivity contribution in [3.8, 4) is 0 Å². The molecular formula is C6H2Cl4N2O2. The maximum Gasteiger partial charge on any atom is 0.289 e. The molecule has 0 N–H and O–H groups in total. The van der Waals surface area contributed by atoms with Crippen molar-refractivity contribution in [2.24, 2.45) is 0 Å². The van der Waals surface area contributed by atoms with Crippen molar-refractivity contribution in [2.75, 3.05) is 3.94 Å². The van der Waals surface area contributed by atoms with E-state index in [1.165, 1.54) is 12.1 Å². The van der Waals surface area contributed by atoms with Gasteiger partial charge in [0.05, 0.1) is 15.6 Å². The molecule has 0 aliphatic rings. The van der Waals surface area contributed by atoms with Gasteiger partial charge in [0.25, 0.3) is 5.69 Å². The van der Waals surface area contributed by atoms with Gasteiger partial charge in [-0.25, -0.2) is 0 Å². The predicted molar refractivity (Wildman–Crippen MR) is 57.3 cm³/mol. The van der Waals surface area contributed by atoms with E-state index in [9.17, 15) is 10.1 Å². The lowest BCUT2D eigenvalue weighted by atomic mass is 10.3. The van der Waals surface area contributed by atoms with E-state index in [2.05, 4.69) is 0 Å². The summed E-state index contributed by atoms with van der Waals surface area (Å²) in [6.45, 7) is 0. The van der Waals surface area contributed by atoms with Crippen molar-refractivity contribution in [2.45, 2.75) is 0 Å². The molecule has 1 aromatic carbocycles. The number of hydrogen-bond acceptors (Lipinski definition) is 3. The average molecular weight is 276 g/mol. The van der Waals surface area contributed by atoms with Crippen LogP contribution in [0.4, 0.5) is 11.4 Å². The first kappa shape index (κ1) is 11.7. The number of benzene rings is 1. The third-order valence-corrected chi connectivity index (χ3v) is 2.65.